The predicted octanol–water partition coefficient (Wildman–Crippen LogP) is 3.33. The molecule has 2 nitrogen and oxygen atoms in total. The van der Waals surface area contributed by atoms with Gasteiger partial charge >= 0.3 is 0 Å². The minimum Gasteiger partial charge on any atom is -0.313 e. The van der Waals surface area contributed by atoms with Crippen molar-refractivity contribution in [1.82, 2.24) is 5.32 Å². The van der Waals surface area contributed by atoms with Crippen molar-refractivity contribution in [2.45, 2.75) is 62.6 Å². The Balaban J connectivity index is 2.13. The second-order valence-corrected chi connectivity index (χ2v) is 7.24. The summed E-state index contributed by atoms with van der Waals surface area (Å²) in [6.07, 6.45) is 4.59. The van der Waals surface area contributed by atoms with Crippen LogP contribution in [0.2, 0.25) is 0 Å². The number of hydrogen-bond donors (Lipinski definition) is 1. The second-order valence-electron chi connectivity index (χ2n) is 5.60. The maximum absolute atomic E-state index is 12.8. The summed E-state index contributed by atoms with van der Waals surface area (Å²) >= 11 is 0. The van der Waals surface area contributed by atoms with Gasteiger partial charge in [0.2, 0.25) is 0 Å². The van der Waals surface area contributed by atoms with Crippen molar-refractivity contribution in [3.05, 3.63) is 29.3 Å². The van der Waals surface area contributed by atoms with Gasteiger partial charge in [0, 0.05) is 10.9 Å². The molecule has 1 fully saturated rings. The molecule has 3 unspecified atom stereocenters. The summed E-state index contributed by atoms with van der Waals surface area (Å²) in [5, 5.41) is 3.85. The fourth-order valence-corrected chi connectivity index (χ4v) is 4.75. The van der Waals surface area contributed by atoms with E-state index in [1.54, 1.807) is 0 Å². The fourth-order valence-electron chi connectivity index (χ4n) is 2.93. The van der Waals surface area contributed by atoms with Gasteiger partial charge in [-0.3, -0.25) is 4.21 Å². The lowest BCUT2D eigenvalue weighted by Crippen LogP contribution is -2.38. The second kappa shape index (κ2) is 6.67. The van der Waals surface area contributed by atoms with E-state index in [0.29, 0.717) is 6.04 Å². The van der Waals surface area contributed by atoms with Crippen molar-refractivity contribution in [2.75, 3.05) is 6.54 Å². The summed E-state index contributed by atoms with van der Waals surface area (Å²) in [4.78, 5) is 1.03. The van der Waals surface area contributed by atoms with Crippen molar-refractivity contribution >= 4 is 10.8 Å². The van der Waals surface area contributed by atoms with Gasteiger partial charge in [-0.15, -0.1) is 0 Å². The highest BCUT2D eigenvalue weighted by Gasteiger charge is 2.32. The SMILES string of the molecule is CCCNC1CCCC1S(=O)c1ccc(C)cc1C. The van der Waals surface area contributed by atoms with Gasteiger partial charge in [-0.1, -0.05) is 31.0 Å². The highest BCUT2D eigenvalue weighted by Crippen LogP contribution is 2.29. The van der Waals surface area contributed by atoms with Gasteiger partial charge < -0.3 is 5.32 Å². The van der Waals surface area contributed by atoms with Crippen molar-refractivity contribution in [3.63, 3.8) is 0 Å². The summed E-state index contributed by atoms with van der Waals surface area (Å²) in [6.45, 7) is 7.37. The van der Waals surface area contributed by atoms with Crippen LogP contribution in [0.4, 0.5) is 0 Å². The fraction of sp³-hybridized carbons (Fsp3) is 0.625. The molecule has 3 atom stereocenters. The maximum atomic E-state index is 12.8. The van der Waals surface area contributed by atoms with Crippen LogP contribution >= 0.6 is 0 Å². The summed E-state index contributed by atoms with van der Waals surface area (Å²) < 4.78 is 12.8. The van der Waals surface area contributed by atoms with E-state index in [1.807, 2.05) is 0 Å². The average Bonchev–Trinajstić information content (AvgIpc) is 2.83. The minimum absolute atomic E-state index is 0.285. The molecular weight excluding hydrogens is 254 g/mol. The zero-order chi connectivity index (χ0) is 13.8. The molecule has 0 spiro atoms. The first kappa shape index (κ1) is 14.7. The van der Waals surface area contributed by atoms with E-state index in [1.165, 1.54) is 24.0 Å². The number of nitrogens with one attached hydrogen (secondary N) is 1. The number of rotatable bonds is 5. The predicted molar refractivity (Wildman–Crippen MR) is 82.0 cm³/mol. The summed E-state index contributed by atoms with van der Waals surface area (Å²) in [6, 6.07) is 6.69. The van der Waals surface area contributed by atoms with Gasteiger partial charge in [0.25, 0.3) is 0 Å². The molecule has 1 aromatic carbocycles. The Kier molecular flexibility index (Phi) is 5.17. The topological polar surface area (TPSA) is 29.1 Å². The molecule has 3 heteroatoms. The summed E-state index contributed by atoms with van der Waals surface area (Å²) in [5.41, 5.74) is 2.41. The third-order valence-electron chi connectivity index (χ3n) is 3.93. The number of benzene rings is 1. The molecule has 0 heterocycles. The summed E-state index contributed by atoms with van der Waals surface area (Å²) in [7, 11) is -0.875. The first-order valence-electron chi connectivity index (χ1n) is 7.34. The smallest absolute Gasteiger partial charge is 0.0579 e. The van der Waals surface area contributed by atoms with Crippen molar-refractivity contribution in [2.24, 2.45) is 0 Å². The lowest BCUT2D eigenvalue weighted by atomic mass is 10.2. The highest BCUT2D eigenvalue weighted by atomic mass is 32.2. The molecule has 0 saturated heterocycles. The Morgan fingerprint density at radius 3 is 2.79 bits per heavy atom. The molecule has 1 N–H and O–H groups in total. The Labute approximate surface area is 119 Å². The highest BCUT2D eigenvalue weighted by molar-refractivity contribution is 7.85. The van der Waals surface area contributed by atoms with Gasteiger partial charge in [0.05, 0.1) is 16.0 Å². The molecule has 0 radical (unpaired) electrons. The lowest BCUT2D eigenvalue weighted by molar-refractivity contribution is 0.523. The van der Waals surface area contributed by atoms with E-state index in [9.17, 15) is 4.21 Å². The molecule has 1 saturated carbocycles. The molecule has 1 aliphatic rings. The third-order valence-corrected chi connectivity index (χ3v) is 5.94. The average molecular weight is 279 g/mol. The Hall–Kier alpha value is -0.670. The molecule has 0 aromatic heterocycles. The quantitative estimate of drug-likeness (QED) is 0.895. The van der Waals surface area contributed by atoms with Gasteiger partial charge in [0.15, 0.2) is 0 Å². The first-order valence-corrected chi connectivity index (χ1v) is 8.56. The Bertz CT molecular complexity index is 458. The Morgan fingerprint density at radius 2 is 2.11 bits per heavy atom. The summed E-state index contributed by atoms with van der Waals surface area (Å²) in [5.74, 6) is 0. The minimum atomic E-state index is -0.875. The normalized spacial score (nSPS) is 24.6. The first-order chi connectivity index (χ1) is 9.13. The number of hydrogen-bond acceptors (Lipinski definition) is 2. The zero-order valence-corrected chi connectivity index (χ0v) is 13.1. The molecule has 0 amide bonds. The molecule has 0 aliphatic heterocycles. The van der Waals surface area contributed by atoms with Gasteiger partial charge in [-0.25, -0.2) is 0 Å². The molecule has 1 aliphatic carbocycles. The van der Waals surface area contributed by atoms with E-state index >= 15 is 0 Å². The van der Waals surface area contributed by atoms with Crippen molar-refractivity contribution in [3.8, 4) is 0 Å². The Morgan fingerprint density at radius 1 is 1.32 bits per heavy atom. The van der Waals surface area contributed by atoms with Crippen LogP contribution in [-0.2, 0) is 10.8 Å². The van der Waals surface area contributed by atoms with E-state index in [-0.39, 0.29) is 5.25 Å². The van der Waals surface area contributed by atoms with Crippen LogP contribution in [-0.4, -0.2) is 22.0 Å². The maximum Gasteiger partial charge on any atom is 0.0579 e. The van der Waals surface area contributed by atoms with Crippen molar-refractivity contribution < 1.29 is 4.21 Å². The molecule has 0 bridgehead atoms. The third kappa shape index (κ3) is 3.46. The zero-order valence-electron chi connectivity index (χ0n) is 12.2. The van der Waals surface area contributed by atoms with Crippen molar-refractivity contribution in [1.29, 1.82) is 0 Å². The van der Waals surface area contributed by atoms with Crippen LogP contribution in [0.25, 0.3) is 0 Å². The largest absolute Gasteiger partial charge is 0.313 e. The van der Waals surface area contributed by atoms with Crippen LogP contribution in [0.3, 0.4) is 0 Å². The van der Waals surface area contributed by atoms with Gasteiger partial charge in [-0.2, -0.15) is 0 Å². The van der Waals surface area contributed by atoms with Crippen LogP contribution in [0, 0.1) is 13.8 Å². The van der Waals surface area contributed by atoms with E-state index in [2.05, 4.69) is 44.3 Å². The van der Waals surface area contributed by atoms with Gasteiger partial charge in [0.1, 0.15) is 0 Å². The number of aryl methyl sites for hydroxylation is 2. The molecule has 2 rings (SSSR count). The van der Waals surface area contributed by atoms with Crippen LogP contribution in [0.15, 0.2) is 23.1 Å². The van der Waals surface area contributed by atoms with E-state index < -0.39 is 10.8 Å². The monoisotopic (exact) mass is 279 g/mol. The van der Waals surface area contributed by atoms with Crippen LogP contribution in [0.5, 0.6) is 0 Å². The van der Waals surface area contributed by atoms with Crippen LogP contribution in [0.1, 0.15) is 43.7 Å². The van der Waals surface area contributed by atoms with Gasteiger partial charge in [-0.05, 0) is 51.3 Å². The van der Waals surface area contributed by atoms with E-state index in [0.717, 1.165) is 24.3 Å². The molecule has 1 aromatic rings. The van der Waals surface area contributed by atoms with E-state index in [4.69, 9.17) is 0 Å². The molecular formula is C16H25NOS. The standard InChI is InChI=1S/C16H25NOS/c1-4-10-17-14-6-5-7-16(14)19(18)15-9-8-12(2)11-13(15)3/h8-9,11,14,16-17H,4-7,10H2,1-3H3. The molecule has 19 heavy (non-hydrogen) atoms. The lowest BCUT2D eigenvalue weighted by Gasteiger charge is -2.21. The molecule has 106 valence electrons. The van der Waals surface area contributed by atoms with Crippen LogP contribution < -0.4 is 5.32 Å².